The van der Waals surface area contributed by atoms with Crippen molar-refractivity contribution in [3.05, 3.63) is 59.0 Å². The van der Waals surface area contributed by atoms with Crippen LogP contribution in [0.5, 0.6) is 0 Å². The van der Waals surface area contributed by atoms with Gasteiger partial charge in [-0.2, -0.15) is 5.26 Å². The molecule has 1 N–H and O–H groups in total. The smallest absolute Gasteiger partial charge is 0.245 e. The molecule has 0 spiro atoms. The van der Waals surface area contributed by atoms with Crippen molar-refractivity contribution in [2.75, 3.05) is 0 Å². The van der Waals surface area contributed by atoms with Crippen LogP contribution < -0.4 is 5.32 Å². The lowest BCUT2D eigenvalue weighted by molar-refractivity contribution is -0.122. The van der Waals surface area contributed by atoms with Gasteiger partial charge in [0.1, 0.15) is 11.5 Å². The van der Waals surface area contributed by atoms with Crippen LogP contribution in [0.2, 0.25) is 0 Å². The zero-order chi connectivity index (χ0) is 17.7. The van der Waals surface area contributed by atoms with Gasteiger partial charge in [0.2, 0.25) is 5.91 Å². The summed E-state index contributed by atoms with van der Waals surface area (Å²) in [5, 5.41) is 11.9. The molecule has 0 radical (unpaired) electrons. The number of carbonyl (C=O) groups excluding carboxylic acids is 2. The summed E-state index contributed by atoms with van der Waals surface area (Å²) >= 11 is 0. The number of hydrogen-bond donors (Lipinski definition) is 1. The van der Waals surface area contributed by atoms with E-state index in [2.05, 4.69) is 5.32 Å². The van der Waals surface area contributed by atoms with Crippen LogP contribution in [0.15, 0.2) is 40.8 Å². The maximum Gasteiger partial charge on any atom is 0.245 e. The SMILES string of the molecule is Cc1oc(C(C)C)cc1C(=O)[C@H](C#N)C(=O)NCc1ccccc1. The van der Waals surface area contributed by atoms with Crippen LogP contribution in [0.4, 0.5) is 0 Å². The Labute approximate surface area is 141 Å². The van der Waals surface area contributed by atoms with Crippen molar-refractivity contribution in [3.8, 4) is 6.07 Å². The minimum atomic E-state index is -1.38. The summed E-state index contributed by atoms with van der Waals surface area (Å²) in [6.45, 7) is 5.82. The van der Waals surface area contributed by atoms with E-state index in [1.165, 1.54) is 0 Å². The van der Waals surface area contributed by atoms with Gasteiger partial charge in [0, 0.05) is 12.5 Å². The third-order valence-corrected chi connectivity index (χ3v) is 3.73. The molecule has 1 aromatic heterocycles. The molecule has 1 amide bonds. The molecule has 0 aliphatic heterocycles. The monoisotopic (exact) mass is 324 g/mol. The molecule has 2 rings (SSSR count). The normalized spacial score (nSPS) is 11.8. The number of benzene rings is 1. The van der Waals surface area contributed by atoms with Gasteiger partial charge in [-0.15, -0.1) is 0 Å². The minimum absolute atomic E-state index is 0.123. The first kappa shape index (κ1) is 17.5. The topological polar surface area (TPSA) is 83.1 Å². The second-order valence-corrected chi connectivity index (χ2v) is 5.90. The number of Topliss-reactive ketones (excluding diaryl/α,β-unsaturated/α-hetero) is 1. The first-order chi connectivity index (χ1) is 11.4. The van der Waals surface area contributed by atoms with Crippen LogP contribution in [0.25, 0.3) is 0 Å². The molecule has 5 heteroatoms. The van der Waals surface area contributed by atoms with Crippen molar-refractivity contribution in [2.24, 2.45) is 5.92 Å². The molecule has 0 aliphatic carbocycles. The molecule has 24 heavy (non-hydrogen) atoms. The van der Waals surface area contributed by atoms with Crippen LogP contribution in [-0.2, 0) is 11.3 Å². The molecule has 1 atom stereocenters. The molecular formula is C19H20N2O3. The molecule has 2 aromatic rings. The van der Waals surface area contributed by atoms with Gasteiger partial charge in [-0.1, -0.05) is 44.2 Å². The third kappa shape index (κ3) is 3.90. The molecule has 0 fully saturated rings. The molecule has 0 saturated carbocycles. The summed E-state index contributed by atoms with van der Waals surface area (Å²) in [5.41, 5.74) is 1.19. The standard InChI is InChI=1S/C19H20N2O3/c1-12(2)17-9-15(13(3)24-17)18(22)16(10-20)19(23)21-11-14-7-5-4-6-8-14/h4-9,12,16H,11H2,1-3H3,(H,21,23)/t16-/m0/s1. The van der Waals surface area contributed by atoms with Gasteiger partial charge in [-0.05, 0) is 18.6 Å². The van der Waals surface area contributed by atoms with E-state index in [-0.39, 0.29) is 12.5 Å². The fourth-order valence-electron chi connectivity index (χ4n) is 2.31. The summed E-state index contributed by atoms with van der Waals surface area (Å²) in [5.74, 6) is -1.30. The highest BCUT2D eigenvalue weighted by Crippen LogP contribution is 2.24. The predicted octanol–water partition coefficient (Wildman–Crippen LogP) is 3.35. The minimum Gasteiger partial charge on any atom is -0.465 e. The van der Waals surface area contributed by atoms with E-state index in [1.54, 1.807) is 19.1 Å². The van der Waals surface area contributed by atoms with Crippen LogP contribution >= 0.6 is 0 Å². The molecule has 1 aromatic carbocycles. The molecule has 1 heterocycles. The first-order valence-electron chi connectivity index (χ1n) is 7.79. The summed E-state index contributed by atoms with van der Waals surface area (Å²) in [6.07, 6.45) is 0. The molecule has 5 nitrogen and oxygen atoms in total. The van der Waals surface area contributed by atoms with Gasteiger partial charge in [0.25, 0.3) is 0 Å². The third-order valence-electron chi connectivity index (χ3n) is 3.73. The number of carbonyl (C=O) groups is 2. The van der Waals surface area contributed by atoms with Gasteiger partial charge in [-0.25, -0.2) is 0 Å². The van der Waals surface area contributed by atoms with E-state index < -0.39 is 17.6 Å². The number of ketones is 1. The Kier molecular flexibility index (Phi) is 5.54. The van der Waals surface area contributed by atoms with E-state index in [0.717, 1.165) is 5.56 Å². The van der Waals surface area contributed by atoms with Crippen molar-refractivity contribution >= 4 is 11.7 Å². The van der Waals surface area contributed by atoms with E-state index in [1.807, 2.05) is 44.2 Å². The fourth-order valence-corrected chi connectivity index (χ4v) is 2.31. The number of hydrogen-bond acceptors (Lipinski definition) is 4. The lowest BCUT2D eigenvalue weighted by atomic mass is 9.97. The van der Waals surface area contributed by atoms with Crippen LogP contribution in [0, 0.1) is 24.2 Å². The zero-order valence-corrected chi connectivity index (χ0v) is 14.0. The first-order valence-corrected chi connectivity index (χ1v) is 7.79. The number of aryl methyl sites for hydroxylation is 1. The summed E-state index contributed by atoms with van der Waals surface area (Å²) < 4.78 is 5.54. The molecule has 0 saturated heterocycles. The van der Waals surface area contributed by atoms with E-state index in [4.69, 9.17) is 4.42 Å². The van der Waals surface area contributed by atoms with Gasteiger partial charge in [-0.3, -0.25) is 9.59 Å². The summed E-state index contributed by atoms with van der Waals surface area (Å²) in [6, 6.07) is 12.7. The summed E-state index contributed by atoms with van der Waals surface area (Å²) in [7, 11) is 0. The number of nitrogens with one attached hydrogen (secondary N) is 1. The number of amides is 1. The Morgan fingerprint density at radius 1 is 1.25 bits per heavy atom. The Bertz CT molecular complexity index is 770. The molecule has 124 valence electrons. The van der Waals surface area contributed by atoms with Crippen molar-refractivity contribution < 1.29 is 14.0 Å². The van der Waals surface area contributed by atoms with Crippen molar-refractivity contribution in [2.45, 2.75) is 33.2 Å². The molecule has 0 aliphatic rings. The van der Waals surface area contributed by atoms with Gasteiger partial charge in [0.15, 0.2) is 11.7 Å². The highest BCUT2D eigenvalue weighted by atomic mass is 16.3. The van der Waals surface area contributed by atoms with Crippen molar-refractivity contribution in [3.63, 3.8) is 0 Å². The quantitative estimate of drug-likeness (QED) is 0.652. The maximum absolute atomic E-state index is 12.5. The number of nitrogens with zero attached hydrogens (tertiary/aromatic N) is 1. The largest absolute Gasteiger partial charge is 0.465 e. The second kappa shape index (κ2) is 7.60. The van der Waals surface area contributed by atoms with Crippen LogP contribution in [0.3, 0.4) is 0 Å². The Morgan fingerprint density at radius 3 is 2.46 bits per heavy atom. The van der Waals surface area contributed by atoms with Crippen molar-refractivity contribution in [1.82, 2.24) is 5.32 Å². The highest BCUT2D eigenvalue weighted by molar-refractivity contribution is 6.12. The zero-order valence-electron chi connectivity index (χ0n) is 14.0. The number of furan rings is 1. The second-order valence-electron chi connectivity index (χ2n) is 5.90. The lowest BCUT2D eigenvalue weighted by Gasteiger charge is -2.09. The average Bonchev–Trinajstić information content (AvgIpc) is 2.96. The Hall–Kier alpha value is -2.87. The van der Waals surface area contributed by atoms with Crippen LogP contribution in [0.1, 0.15) is 47.2 Å². The number of rotatable bonds is 6. The Morgan fingerprint density at radius 2 is 1.92 bits per heavy atom. The lowest BCUT2D eigenvalue weighted by Crippen LogP contribution is -2.34. The van der Waals surface area contributed by atoms with Gasteiger partial charge in [0.05, 0.1) is 11.6 Å². The van der Waals surface area contributed by atoms with E-state index >= 15 is 0 Å². The fraction of sp³-hybridized carbons (Fsp3) is 0.316. The summed E-state index contributed by atoms with van der Waals surface area (Å²) in [4.78, 5) is 24.8. The van der Waals surface area contributed by atoms with Crippen LogP contribution in [-0.4, -0.2) is 11.7 Å². The molecular weight excluding hydrogens is 304 g/mol. The average molecular weight is 324 g/mol. The predicted molar refractivity (Wildman–Crippen MR) is 89.3 cm³/mol. The molecule has 0 bridgehead atoms. The number of nitriles is 1. The highest BCUT2D eigenvalue weighted by Gasteiger charge is 2.30. The van der Waals surface area contributed by atoms with Gasteiger partial charge >= 0.3 is 0 Å². The maximum atomic E-state index is 12.5. The van der Waals surface area contributed by atoms with E-state index in [0.29, 0.717) is 17.1 Å². The molecule has 0 unspecified atom stereocenters. The van der Waals surface area contributed by atoms with Gasteiger partial charge < -0.3 is 9.73 Å². The van der Waals surface area contributed by atoms with E-state index in [9.17, 15) is 14.9 Å². The Balaban J connectivity index is 2.11. The van der Waals surface area contributed by atoms with Crippen molar-refractivity contribution in [1.29, 1.82) is 5.26 Å².